The summed E-state index contributed by atoms with van der Waals surface area (Å²) in [4.78, 5) is 11.6. The van der Waals surface area contributed by atoms with Crippen LogP contribution in [0.25, 0.3) is 38.8 Å². The molecule has 0 bridgehead atoms. The van der Waals surface area contributed by atoms with E-state index >= 15 is 0 Å². The zero-order valence-corrected chi connectivity index (χ0v) is 37.9. The van der Waals surface area contributed by atoms with Crippen molar-refractivity contribution in [3.63, 3.8) is 0 Å². The van der Waals surface area contributed by atoms with Gasteiger partial charge in [-0.25, -0.2) is 4.98 Å². The van der Waals surface area contributed by atoms with E-state index in [-0.39, 0.29) is 44.7 Å². The predicted octanol–water partition coefficient (Wildman–Crippen LogP) is 13.7. The SMILES string of the molecule is CC(C)(C)c1cc(N2C=CN(c3[c-]c(Sc4[c-]c5c(cc4)c4ccccc4n5-c4cc(C(C)(C)C)ccn4)cc(-c4ccccc4)c3)C2)cc(C(C)(C)C)c1.[CH3-].[Pt]. The third kappa shape index (κ3) is 8.66. The van der Waals surface area contributed by atoms with Gasteiger partial charge in [0.2, 0.25) is 0 Å². The second kappa shape index (κ2) is 16.0. The summed E-state index contributed by atoms with van der Waals surface area (Å²) in [5.74, 6) is 0.907. The Balaban J connectivity index is 0.00000275. The molecule has 0 saturated heterocycles. The Hall–Kier alpha value is -4.57. The van der Waals surface area contributed by atoms with Crippen LogP contribution in [0.1, 0.15) is 79.0 Å². The molecule has 6 heteroatoms. The van der Waals surface area contributed by atoms with Crippen LogP contribution in [0, 0.1) is 19.6 Å². The van der Waals surface area contributed by atoms with E-state index in [2.05, 4.69) is 210 Å². The molecule has 0 aliphatic carbocycles. The Morgan fingerprint density at radius 3 is 1.91 bits per heavy atom. The molecule has 1 aliphatic heterocycles. The number of pyridine rings is 1. The molecule has 0 N–H and O–H groups in total. The van der Waals surface area contributed by atoms with Crippen molar-refractivity contribution >= 4 is 44.9 Å². The molecule has 8 rings (SSSR count). The minimum Gasteiger partial charge on any atom is -0.358 e. The van der Waals surface area contributed by atoms with Gasteiger partial charge in [-0.1, -0.05) is 128 Å². The number of benzene rings is 5. The van der Waals surface area contributed by atoms with Crippen molar-refractivity contribution < 1.29 is 21.1 Å². The van der Waals surface area contributed by atoms with Gasteiger partial charge in [0.1, 0.15) is 5.82 Å². The average Bonchev–Trinajstić information content (AvgIpc) is 3.78. The van der Waals surface area contributed by atoms with Crippen LogP contribution in [0.5, 0.6) is 0 Å². The third-order valence-corrected chi connectivity index (χ3v) is 11.5. The van der Waals surface area contributed by atoms with Crippen LogP contribution in [0.3, 0.4) is 0 Å². The summed E-state index contributed by atoms with van der Waals surface area (Å²) < 4.78 is 2.27. The number of nitrogens with zero attached hydrogens (tertiary/aromatic N) is 4. The summed E-state index contributed by atoms with van der Waals surface area (Å²) in [5, 5.41) is 2.36. The number of hydrogen-bond acceptors (Lipinski definition) is 4. The van der Waals surface area contributed by atoms with Crippen molar-refractivity contribution in [2.45, 2.75) is 88.3 Å². The van der Waals surface area contributed by atoms with Gasteiger partial charge in [-0.15, -0.1) is 56.8 Å². The smallest absolute Gasteiger partial charge is 0.135 e. The third-order valence-electron chi connectivity index (χ3n) is 10.6. The van der Waals surface area contributed by atoms with Crippen molar-refractivity contribution in [2.24, 2.45) is 0 Å². The molecule has 296 valence electrons. The summed E-state index contributed by atoms with van der Waals surface area (Å²) in [6, 6.07) is 47.3. The van der Waals surface area contributed by atoms with E-state index in [1.54, 1.807) is 11.8 Å². The van der Waals surface area contributed by atoms with Gasteiger partial charge in [-0.2, -0.15) is 12.1 Å². The van der Waals surface area contributed by atoms with Gasteiger partial charge >= 0.3 is 0 Å². The van der Waals surface area contributed by atoms with E-state index < -0.39 is 0 Å². The first-order valence-electron chi connectivity index (χ1n) is 19.2. The molecule has 1 aliphatic rings. The molecule has 0 fully saturated rings. The molecule has 0 atom stereocenters. The molecule has 57 heavy (non-hydrogen) atoms. The fraction of sp³-hybridized carbons (Fsp3) is 0.255. The fourth-order valence-corrected chi connectivity index (χ4v) is 8.08. The molecule has 3 heterocycles. The molecule has 0 amide bonds. The van der Waals surface area contributed by atoms with Gasteiger partial charge in [0.05, 0.1) is 6.67 Å². The normalized spacial score (nSPS) is 13.3. The fourth-order valence-electron chi connectivity index (χ4n) is 7.22. The van der Waals surface area contributed by atoms with E-state index in [4.69, 9.17) is 4.98 Å². The maximum absolute atomic E-state index is 4.89. The maximum atomic E-state index is 4.89. The number of rotatable bonds is 6. The second-order valence-corrected chi connectivity index (χ2v) is 18.9. The number of anilines is 2. The van der Waals surface area contributed by atoms with E-state index in [1.807, 2.05) is 6.20 Å². The molecule has 4 nitrogen and oxygen atoms in total. The maximum Gasteiger partial charge on any atom is 0.135 e. The predicted molar refractivity (Wildman–Crippen MR) is 240 cm³/mol. The molecular weight excluding hydrogens is 896 g/mol. The molecule has 0 unspecified atom stereocenters. The van der Waals surface area contributed by atoms with Crippen LogP contribution < -0.4 is 9.80 Å². The molecule has 5 aromatic carbocycles. The van der Waals surface area contributed by atoms with Crippen LogP contribution in [-0.2, 0) is 37.3 Å². The van der Waals surface area contributed by atoms with Gasteiger partial charge in [0, 0.05) is 50.9 Å². The van der Waals surface area contributed by atoms with Crippen molar-refractivity contribution in [1.29, 1.82) is 0 Å². The van der Waals surface area contributed by atoms with E-state index in [0.717, 1.165) is 43.3 Å². The van der Waals surface area contributed by atoms with Gasteiger partial charge < -0.3 is 21.8 Å². The van der Waals surface area contributed by atoms with E-state index in [0.29, 0.717) is 6.67 Å². The number of hydrogen-bond donors (Lipinski definition) is 0. The van der Waals surface area contributed by atoms with Crippen LogP contribution >= 0.6 is 11.8 Å². The number of fused-ring (bicyclic) bond motifs is 3. The average molecular weight is 949 g/mol. The Labute approximate surface area is 359 Å². The van der Waals surface area contributed by atoms with Crippen LogP contribution in [-0.4, -0.2) is 16.2 Å². The molecular formula is C51H53N4PtS-3. The standard InChI is InChI=1S/C50H50N4S.CH3.Pt/c1-48(2,3)36-21-22-51-47(30-36)54-45-18-14-13-17-43(45)44-20-19-41(32-46(44)54)55-42-26-35(34-15-11-10-12-16-34)25-39(31-42)52-23-24-53(33-52)40-28-37(49(4,5)6)27-38(29-40)50(7,8)9;;/h10-30H,33H2,1-9H3;1H3;/q-2;-1;. The van der Waals surface area contributed by atoms with Crippen molar-refractivity contribution in [2.75, 3.05) is 16.5 Å². The minimum absolute atomic E-state index is 0. The van der Waals surface area contributed by atoms with Crippen molar-refractivity contribution in [3.8, 4) is 16.9 Å². The van der Waals surface area contributed by atoms with Crippen LogP contribution in [0.2, 0.25) is 0 Å². The first-order chi connectivity index (χ1) is 26.1. The van der Waals surface area contributed by atoms with Gasteiger partial charge in [0.25, 0.3) is 0 Å². The quantitative estimate of drug-likeness (QED) is 0.155. The first-order valence-corrected chi connectivity index (χ1v) is 20.0. The van der Waals surface area contributed by atoms with Crippen LogP contribution in [0.15, 0.2) is 138 Å². The summed E-state index contributed by atoms with van der Waals surface area (Å²) in [5.41, 5.74) is 10.8. The monoisotopic (exact) mass is 948 g/mol. The zero-order valence-electron chi connectivity index (χ0n) is 34.8. The van der Waals surface area contributed by atoms with Crippen LogP contribution in [0.4, 0.5) is 11.4 Å². The zero-order chi connectivity index (χ0) is 38.7. The molecule has 2 aromatic heterocycles. The first kappa shape index (κ1) is 42.0. The van der Waals surface area contributed by atoms with Crippen molar-refractivity contribution in [1.82, 2.24) is 9.55 Å². The Kier molecular flexibility index (Phi) is 11.8. The topological polar surface area (TPSA) is 24.3 Å². The van der Waals surface area contributed by atoms with Gasteiger partial charge in [-0.05, 0) is 74.2 Å². The summed E-state index contributed by atoms with van der Waals surface area (Å²) in [6.45, 7) is 21.2. The minimum atomic E-state index is 0. The molecule has 0 saturated carbocycles. The van der Waals surface area contributed by atoms with E-state index in [9.17, 15) is 0 Å². The van der Waals surface area contributed by atoms with Crippen molar-refractivity contribution in [3.05, 3.63) is 164 Å². The Bertz CT molecular complexity index is 2530. The second-order valence-electron chi connectivity index (χ2n) is 17.8. The molecule has 0 radical (unpaired) electrons. The number of para-hydroxylation sites is 1. The molecule has 0 spiro atoms. The van der Waals surface area contributed by atoms with E-state index in [1.165, 1.54) is 33.3 Å². The summed E-state index contributed by atoms with van der Waals surface area (Å²) in [6.07, 6.45) is 6.32. The van der Waals surface area contributed by atoms with Gasteiger partial charge in [0.15, 0.2) is 0 Å². The Morgan fingerprint density at radius 2 is 1.23 bits per heavy atom. The largest absolute Gasteiger partial charge is 0.358 e. The molecule has 7 aromatic rings. The van der Waals surface area contributed by atoms with Gasteiger partial charge in [-0.3, -0.25) is 0 Å². The number of aromatic nitrogens is 2. The summed E-state index contributed by atoms with van der Waals surface area (Å²) >= 11 is 1.70. The summed E-state index contributed by atoms with van der Waals surface area (Å²) in [7, 11) is 0. The Morgan fingerprint density at radius 1 is 0.579 bits per heavy atom.